The highest BCUT2D eigenvalue weighted by atomic mass is 15.2. The number of pyridine rings is 1. The normalized spacial score (nSPS) is 11.6. The molecule has 0 spiro atoms. The van der Waals surface area contributed by atoms with Gasteiger partial charge in [0.1, 0.15) is 0 Å². The monoisotopic (exact) mass is 309 g/mol. The molecular formula is C18H23N5. The van der Waals surface area contributed by atoms with E-state index in [-0.39, 0.29) is 0 Å². The minimum Gasteiger partial charge on any atom is -0.352 e. The maximum Gasteiger partial charge on any atom is 0.223 e. The molecule has 1 N–H and O–H groups in total. The van der Waals surface area contributed by atoms with Gasteiger partial charge < -0.3 is 5.32 Å². The molecule has 0 aliphatic rings. The van der Waals surface area contributed by atoms with E-state index in [9.17, 15) is 0 Å². The van der Waals surface area contributed by atoms with Crippen molar-refractivity contribution < 1.29 is 0 Å². The van der Waals surface area contributed by atoms with Crippen LogP contribution in [0.25, 0.3) is 16.8 Å². The molecule has 0 amide bonds. The molecule has 5 nitrogen and oxygen atoms in total. The molecule has 120 valence electrons. The molecule has 0 saturated carbocycles. The lowest BCUT2D eigenvalue weighted by Gasteiger charge is -2.10. The van der Waals surface area contributed by atoms with Crippen molar-refractivity contribution in [2.75, 3.05) is 5.32 Å². The van der Waals surface area contributed by atoms with Crippen molar-refractivity contribution >= 4 is 11.5 Å². The summed E-state index contributed by atoms with van der Waals surface area (Å²) in [7, 11) is 0. The zero-order valence-corrected chi connectivity index (χ0v) is 14.1. The largest absolute Gasteiger partial charge is 0.352 e. The van der Waals surface area contributed by atoms with Crippen LogP contribution in [-0.2, 0) is 6.42 Å². The minimum absolute atomic E-state index is 0.296. The summed E-state index contributed by atoms with van der Waals surface area (Å²) in [5.74, 6) is 1.19. The molecule has 0 fully saturated rings. The second-order valence-corrected chi connectivity index (χ2v) is 6.51. The number of rotatable bonds is 5. The van der Waals surface area contributed by atoms with E-state index in [1.807, 2.05) is 28.9 Å². The van der Waals surface area contributed by atoms with Crippen molar-refractivity contribution in [3.63, 3.8) is 0 Å². The number of nitrogens with zero attached hydrogens (tertiary/aromatic N) is 4. The number of aromatic nitrogens is 4. The van der Waals surface area contributed by atoms with E-state index in [1.165, 1.54) is 0 Å². The van der Waals surface area contributed by atoms with E-state index in [0.29, 0.717) is 17.9 Å². The second kappa shape index (κ2) is 6.36. The highest BCUT2D eigenvalue weighted by Crippen LogP contribution is 2.29. The molecule has 0 aliphatic carbocycles. The third kappa shape index (κ3) is 3.33. The zero-order chi connectivity index (χ0) is 16.4. The van der Waals surface area contributed by atoms with Crippen LogP contribution in [0.4, 0.5) is 5.95 Å². The molecule has 3 aromatic heterocycles. The molecule has 0 atom stereocenters. The Balaban J connectivity index is 2.14. The van der Waals surface area contributed by atoms with Gasteiger partial charge in [-0.25, -0.2) is 14.5 Å². The Hall–Kier alpha value is -2.43. The van der Waals surface area contributed by atoms with Crippen LogP contribution in [0.15, 0.2) is 36.7 Å². The fourth-order valence-corrected chi connectivity index (χ4v) is 2.68. The van der Waals surface area contributed by atoms with Gasteiger partial charge in [0, 0.05) is 24.0 Å². The average Bonchev–Trinajstić information content (AvgIpc) is 2.83. The summed E-state index contributed by atoms with van der Waals surface area (Å²) in [6.45, 7) is 8.57. The summed E-state index contributed by atoms with van der Waals surface area (Å²) in [6, 6.07) is 8.37. The fourth-order valence-electron chi connectivity index (χ4n) is 2.68. The van der Waals surface area contributed by atoms with Gasteiger partial charge in [0.15, 0.2) is 0 Å². The van der Waals surface area contributed by atoms with Gasteiger partial charge in [0.2, 0.25) is 5.95 Å². The molecule has 5 heteroatoms. The summed E-state index contributed by atoms with van der Waals surface area (Å²) in [5, 5.41) is 8.02. The van der Waals surface area contributed by atoms with Crippen LogP contribution in [0.1, 0.15) is 33.4 Å². The third-order valence-electron chi connectivity index (χ3n) is 3.54. The lowest BCUT2D eigenvalue weighted by molar-refractivity contribution is 0.631. The van der Waals surface area contributed by atoms with Crippen LogP contribution in [0.3, 0.4) is 0 Å². The topological polar surface area (TPSA) is 55.1 Å². The number of anilines is 1. The Morgan fingerprint density at radius 2 is 1.96 bits per heavy atom. The Morgan fingerprint density at radius 3 is 2.70 bits per heavy atom. The van der Waals surface area contributed by atoms with E-state index in [4.69, 9.17) is 10.1 Å². The molecule has 23 heavy (non-hydrogen) atoms. The summed E-state index contributed by atoms with van der Waals surface area (Å²) in [6.07, 6.45) is 4.71. The van der Waals surface area contributed by atoms with Crippen molar-refractivity contribution in [2.45, 2.75) is 40.2 Å². The van der Waals surface area contributed by atoms with Crippen molar-refractivity contribution in [3.05, 3.63) is 42.4 Å². The lowest BCUT2D eigenvalue weighted by Crippen LogP contribution is -2.12. The molecule has 3 rings (SSSR count). The summed E-state index contributed by atoms with van der Waals surface area (Å²) < 4.78 is 1.94. The SMILES string of the molecule is CC(C)Cc1nn2ccccc2c1-c1ccnc(NC(C)C)n1. The maximum absolute atomic E-state index is 4.76. The quantitative estimate of drug-likeness (QED) is 0.778. The molecule has 3 aromatic rings. The fraction of sp³-hybridized carbons (Fsp3) is 0.389. The van der Waals surface area contributed by atoms with Crippen molar-refractivity contribution in [1.82, 2.24) is 19.6 Å². The van der Waals surface area contributed by atoms with E-state index < -0.39 is 0 Å². The first kappa shape index (κ1) is 15.5. The van der Waals surface area contributed by atoms with Crippen LogP contribution in [-0.4, -0.2) is 25.6 Å². The van der Waals surface area contributed by atoms with Gasteiger partial charge in [-0.1, -0.05) is 19.9 Å². The Bertz CT molecular complexity index is 804. The van der Waals surface area contributed by atoms with E-state index in [2.05, 4.69) is 44.1 Å². The van der Waals surface area contributed by atoms with E-state index in [1.54, 1.807) is 6.20 Å². The highest BCUT2D eigenvalue weighted by Gasteiger charge is 2.17. The Kier molecular flexibility index (Phi) is 4.28. The van der Waals surface area contributed by atoms with Gasteiger partial charge in [0.05, 0.1) is 16.9 Å². The number of hydrogen-bond acceptors (Lipinski definition) is 4. The van der Waals surface area contributed by atoms with E-state index >= 15 is 0 Å². The van der Waals surface area contributed by atoms with Crippen LogP contribution >= 0.6 is 0 Å². The molecule has 0 bridgehead atoms. The minimum atomic E-state index is 0.296. The van der Waals surface area contributed by atoms with Gasteiger partial charge in [0.25, 0.3) is 0 Å². The number of fused-ring (bicyclic) bond motifs is 1. The second-order valence-electron chi connectivity index (χ2n) is 6.51. The van der Waals surface area contributed by atoms with Gasteiger partial charge in [-0.15, -0.1) is 0 Å². The molecule has 0 radical (unpaired) electrons. The molecule has 3 heterocycles. The molecule has 0 unspecified atom stereocenters. The molecule has 0 saturated heterocycles. The van der Waals surface area contributed by atoms with Crippen LogP contribution in [0.2, 0.25) is 0 Å². The zero-order valence-electron chi connectivity index (χ0n) is 14.1. The van der Waals surface area contributed by atoms with Gasteiger partial charge in [-0.05, 0) is 44.4 Å². The standard InChI is InChI=1S/C18H23N5/c1-12(2)11-15-17(16-7-5-6-10-23(16)22-15)14-8-9-19-18(21-14)20-13(3)4/h5-10,12-13H,11H2,1-4H3,(H,19,20,21). The number of hydrogen-bond donors (Lipinski definition) is 1. The average molecular weight is 309 g/mol. The van der Waals surface area contributed by atoms with Crippen molar-refractivity contribution in [3.8, 4) is 11.3 Å². The molecular weight excluding hydrogens is 286 g/mol. The Labute approximate surface area is 136 Å². The smallest absolute Gasteiger partial charge is 0.223 e. The molecule has 0 aromatic carbocycles. The summed E-state index contributed by atoms with van der Waals surface area (Å²) in [5.41, 5.74) is 4.19. The van der Waals surface area contributed by atoms with Gasteiger partial charge in [-0.2, -0.15) is 5.10 Å². The maximum atomic E-state index is 4.76. The first-order valence-electron chi connectivity index (χ1n) is 8.10. The summed E-state index contributed by atoms with van der Waals surface area (Å²) in [4.78, 5) is 9.01. The van der Waals surface area contributed by atoms with Crippen molar-refractivity contribution in [1.29, 1.82) is 0 Å². The lowest BCUT2D eigenvalue weighted by atomic mass is 10.0. The van der Waals surface area contributed by atoms with Crippen LogP contribution in [0, 0.1) is 5.92 Å². The predicted octanol–water partition coefficient (Wildman–Crippen LogP) is 3.81. The van der Waals surface area contributed by atoms with Gasteiger partial charge in [-0.3, -0.25) is 0 Å². The third-order valence-corrected chi connectivity index (χ3v) is 3.54. The first-order chi connectivity index (χ1) is 11.0. The van der Waals surface area contributed by atoms with Crippen molar-refractivity contribution in [2.24, 2.45) is 5.92 Å². The van der Waals surface area contributed by atoms with Crippen LogP contribution < -0.4 is 5.32 Å². The highest BCUT2D eigenvalue weighted by molar-refractivity contribution is 5.80. The first-order valence-corrected chi connectivity index (χ1v) is 8.10. The molecule has 0 aliphatic heterocycles. The van der Waals surface area contributed by atoms with Crippen LogP contribution in [0.5, 0.6) is 0 Å². The number of nitrogens with one attached hydrogen (secondary N) is 1. The summed E-state index contributed by atoms with van der Waals surface area (Å²) >= 11 is 0. The van der Waals surface area contributed by atoms with Gasteiger partial charge >= 0.3 is 0 Å². The van der Waals surface area contributed by atoms with E-state index in [0.717, 1.165) is 28.9 Å². The predicted molar refractivity (Wildman–Crippen MR) is 93.5 cm³/mol. The Morgan fingerprint density at radius 1 is 1.13 bits per heavy atom.